The predicted octanol–water partition coefficient (Wildman–Crippen LogP) is 1.01. The van der Waals surface area contributed by atoms with Crippen molar-refractivity contribution in [3.8, 4) is 0 Å². The largest absolute Gasteiger partial charge is 0.389 e. The fraction of sp³-hybridized carbons (Fsp3) is 0.417. The van der Waals surface area contributed by atoms with Crippen LogP contribution in [0.2, 0.25) is 0 Å². The first-order valence-electron chi connectivity index (χ1n) is 5.64. The minimum absolute atomic E-state index is 0.0863. The number of carbonyl (C=O) groups excluding carboxylic acids is 1. The molecule has 0 saturated heterocycles. The molecule has 1 unspecified atom stereocenters. The molecule has 0 bridgehead atoms. The predicted molar refractivity (Wildman–Crippen MR) is 76.5 cm³/mol. The van der Waals surface area contributed by atoms with E-state index in [-0.39, 0.29) is 23.4 Å². The van der Waals surface area contributed by atoms with Crippen molar-refractivity contribution in [2.24, 2.45) is 11.5 Å². The Hall–Kier alpha value is -1.69. The molecule has 0 fully saturated rings. The van der Waals surface area contributed by atoms with Crippen LogP contribution >= 0.6 is 12.2 Å². The zero-order valence-electron chi connectivity index (χ0n) is 10.8. The van der Waals surface area contributed by atoms with E-state index in [1.165, 1.54) is 0 Å². The summed E-state index contributed by atoms with van der Waals surface area (Å²) in [5.74, 6) is -0.352. The quantitative estimate of drug-likeness (QED) is 0.691. The molecule has 0 aliphatic rings. The molecule has 1 aromatic rings. The van der Waals surface area contributed by atoms with Crippen molar-refractivity contribution in [2.45, 2.75) is 33.2 Å². The number of hydrogen-bond donors (Lipinski definition) is 3. The monoisotopic (exact) mass is 266 g/mol. The summed E-state index contributed by atoms with van der Waals surface area (Å²) in [4.78, 5) is 15.5. The Labute approximate surface area is 112 Å². The summed E-state index contributed by atoms with van der Waals surface area (Å²) in [6, 6.07) is 1.77. The van der Waals surface area contributed by atoms with Crippen LogP contribution in [0.25, 0.3) is 0 Å². The summed E-state index contributed by atoms with van der Waals surface area (Å²) in [6.07, 6.45) is 0.247. The SMILES string of the molecule is Cc1cc(NC(C)CC(N)=O)c(C(N)=S)c(C)n1. The highest BCUT2D eigenvalue weighted by Crippen LogP contribution is 2.21. The first-order valence-corrected chi connectivity index (χ1v) is 6.05. The van der Waals surface area contributed by atoms with E-state index in [1.54, 1.807) is 0 Å². The van der Waals surface area contributed by atoms with Gasteiger partial charge in [-0.3, -0.25) is 9.78 Å². The van der Waals surface area contributed by atoms with E-state index < -0.39 is 0 Å². The molecule has 18 heavy (non-hydrogen) atoms. The summed E-state index contributed by atoms with van der Waals surface area (Å²) in [5.41, 5.74) is 14.0. The first kappa shape index (κ1) is 14.4. The lowest BCUT2D eigenvalue weighted by molar-refractivity contribution is -0.118. The highest BCUT2D eigenvalue weighted by molar-refractivity contribution is 7.80. The number of primary amides is 1. The maximum Gasteiger partial charge on any atom is 0.219 e. The number of nitrogens with two attached hydrogens (primary N) is 2. The Balaban J connectivity index is 3.07. The van der Waals surface area contributed by atoms with E-state index in [0.717, 1.165) is 17.1 Å². The average molecular weight is 266 g/mol. The van der Waals surface area contributed by atoms with Crippen LogP contribution in [-0.4, -0.2) is 21.9 Å². The van der Waals surface area contributed by atoms with Crippen LogP contribution in [0.3, 0.4) is 0 Å². The third-order valence-electron chi connectivity index (χ3n) is 2.48. The summed E-state index contributed by atoms with van der Waals surface area (Å²) in [6.45, 7) is 5.62. The highest BCUT2D eigenvalue weighted by atomic mass is 32.1. The van der Waals surface area contributed by atoms with Crippen molar-refractivity contribution in [1.29, 1.82) is 0 Å². The molecule has 98 valence electrons. The third-order valence-corrected chi connectivity index (χ3v) is 2.69. The van der Waals surface area contributed by atoms with Crippen molar-refractivity contribution >= 4 is 28.8 Å². The van der Waals surface area contributed by atoms with Gasteiger partial charge >= 0.3 is 0 Å². The molecule has 1 amide bonds. The lowest BCUT2D eigenvalue weighted by Crippen LogP contribution is -2.26. The average Bonchev–Trinajstić information content (AvgIpc) is 2.12. The molecule has 0 aliphatic heterocycles. The molecule has 1 rings (SSSR count). The van der Waals surface area contributed by atoms with Crippen LogP contribution in [0.5, 0.6) is 0 Å². The number of rotatable bonds is 5. The molecule has 1 aromatic heterocycles. The maximum absolute atomic E-state index is 10.9. The maximum atomic E-state index is 10.9. The number of nitrogens with one attached hydrogen (secondary N) is 1. The van der Waals surface area contributed by atoms with Gasteiger partial charge in [0, 0.05) is 29.5 Å². The normalized spacial score (nSPS) is 11.9. The molecular formula is C12H18N4OS. The summed E-state index contributed by atoms with van der Waals surface area (Å²) in [5, 5.41) is 3.20. The van der Waals surface area contributed by atoms with Crippen LogP contribution in [0, 0.1) is 13.8 Å². The molecule has 0 saturated carbocycles. The van der Waals surface area contributed by atoms with E-state index in [2.05, 4.69) is 10.3 Å². The highest BCUT2D eigenvalue weighted by Gasteiger charge is 2.14. The Kier molecular flexibility index (Phi) is 4.61. The van der Waals surface area contributed by atoms with Gasteiger partial charge in [0.05, 0.1) is 5.56 Å². The van der Waals surface area contributed by atoms with Crippen LogP contribution in [-0.2, 0) is 4.79 Å². The van der Waals surface area contributed by atoms with Crippen molar-refractivity contribution in [3.05, 3.63) is 23.0 Å². The number of thiocarbonyl (C=S) groups is 1. The van der Waals surface area contributed by atoms with Crippen molar-refractivity contribution in [2.75, 3.05) is 5.32 Å². The zero-order valence-corrected chi connectivity index (χ0v) is 11.6. The number of carbonyl (C=O) groups is 1. The fourth-order valence-corrected chi connectivity index (χ4v) is 2.13. The second-order valence-corrected chi connectivity index (χ2v) is 4.79. The van der Waals surface area contributed by atoms with Crippen LogP contribution in [0.4, 0.5) is 5.69 Å². The van der Waals surface area contributed by atoms with E-state index in [9.17, 15) is 4.79 Å². The van der Waals surface area contributed by atoms with Crippen molar-refractivity contribution in [1.82, 2.24) is 4.98 Å². The number of aromatic nitrogens is 1. The lowest BCUT2D eigenvalue weighted by atomic mass is 10.1. The smallest absolute Gasteiger partial charge is 0.219 e. The summed E-state index contributed by atoms with van der Waals surface area (Å²) < 4.78 is 0. The fourth-order valence-electron chi connectivity index (χ4n) is 1.87. The van der Waals surface area contributed by atoms with Gasteiger partial charge in [-0.1, -0.05) is 12.2 Å². The van der Waals surface area contributed by atoms with E-state index >= 15 is 0 Å². The Morgan fingerprint density at radius 2 is 2.11 bits per heavy atom. The van der Waals surface area contributed by atoms with Crippen molar-refractivity contribution < 1.29 is 4.79 Å². The van der Waals surface area contributed by atoms with Crippen molar-refractivity contribution in [3.63, 3.8) is 0 Å². The standard InChI is InChI=1S/C12H18N4OS/c1-6-4-9(16-7(2)5-10(13)17)11(12(14)18)8(3)15-6/h4,7H,5H2,1-3H3,(H2,13,17)(H2,14,18)(H,15,16). The Morgan fingerprint density at radius 1 is 1.50 bits per heavy atom. The van der Waals surface area contributed by atoms with Gasteiger partial charge in [0.1, 0.15) is 4.99 Å². The zero-order chi connectivity index (χ0) is 13.9. The molecule has 5 N–H and O–H groups in total. The number of amides is 1. The number of nitrogens with zero attached hydrogens (tertiary/aromatic N) is 1. The molecule has 0 radical (unpaired) electrons. The van der Waals surface area contributed by atoms with E-state index in [0.29, 0.717) is 5.56 Å². The topological polar surface area (TPSA) is 94.0 Å². The Bertz CT molecular complexity index is 487. The number of hydrogen-bond acceptors (Lipinski definition) is 4. The molecule has 0 aromatic carbocycles. The first-order chi connectivity index (χ1) is 8.31. The molecule has 0 spiro atoms. The van der Waals surface area contributed by atoms with Gasteiger partial charge in [-0.15, -0.1) is 0 Å². The third kappa shape index (κ3) is 3.66. The molecule has 5 nitrogen and oxygen atoms in total. The van der Waals surface area contributed by atoms with Gasteiger partial charge in [0.2, 0.25) is 5.91 Å². The molecule has 1 heterocycles. The number of pyridine rings is 1. The van der Waals surface area contributed by atoms with E-state index in [4.69, 9.17) is 23.7 Å². The second kappa shape index (κ2) is 5.77. The number of aryl methyl sites for hydroxylation is 2. The minimum atomic E-state index is -0.352. The van der Waals surface area contributed by atoms with Gasteiger partial charge in [-0.25, -0.2) is 0 Å². The summed E-state index contributed by atoms with van der Waals surface area (Å²) in [7, 11) is 0. The second-order valence-electron chi connectivity index (χ2n) is 4.35. The summed E-state index contributed by atoms with van der Waals surface area (Å²) >= 11 is 5.03. The minimum Gasteiger partial charge on any atom is -0.389 e. The molecular weight excluding hydrogens is 248 g/mol. The van der Waals surface area contributed by atoms with Gasteiger partial charge in [0.25, 0.3) is 0 Å². The lowest BCUT2D eigenvalue weighted by Gasteiger charge is -2.18. The van der Waals surface area contributed by atoms with Crippen LogP contribution in [0.1, 0.15) is 30.3 Å². The molecule has 1 atom stereocenters. The molecule has 6 heteroatoms. The van der Waals surface area contributed by atoms with Gasteiger partial charge in [0.15, 0.2) is 0 Å². The van der Waals surface area contributed by atoms with Gasteiger partial charge in [-0.2, -0.15) is 0 Å². The van der Waals surface area contributed by atoms with Crippen LogP contribution in [0.15, 0.2) is 6.07 Å². The number of anilines is 1. The van der Waals surface area contributed by atoms with Gasteiger partial charge < -0.3 is 16.8 Å². The Morgan fingerprint density at radius 3 is 2.61 bits per heavy atom. The molecule has 0 aliphatic carbocycles. The van der Waals surface area contributed by atoms with Crippen LogP contribution < -0.4 is 16.8 Å². The van der Waals surface area contributed by atoms with E-state index in [1.807, 2.05) is 26.8 Å². The van der Waals surface area contributed by atoms with Gasteiger partial charge in [-0.05, 0) is 26.8 Å².